The molecule has 2 aromatic rings. The van der Waals surface area contributed by atoms with Crippen molar-refractivity contribution in [2.75, 3.05) is 6.61 Å². The number of nitrogens with two attached hydrogens (primary N) is 1. The Kier molecular flexibility index (Phi) is 4.14. The normalized spacial score (nSPS) is 22.3. The van der Waals surface area contributed by atoms with E-state index in [1.165, 1.54) is 0 Å². The lowest BCUT2D eigenvalue weighted by Gasteiger charge is -2.26. The molecule has 2 N–H and O–H groups in total. The molecule has 1 fully saturated rings. The maximum atomic E-state index is 10.6. The number of carbonyl (C=O) groups excluding carboxylic acids is 1. The summed E-state index contributed by atoms with van der Waals surface area (Å²) >= 11 is 3.47. The van der Waals surface area contributed by atoms with Crippen molar-refractivity contribution in [3.8, 4) is 0 Å². The first-order valence-corrected chi connectivity index (χ1v) is 7.97. The highest BCUT2D eigenvalue weighted by atomic mass is 79.9. The molecule has 0 radical (unpaired) electrons. The second-order valence-corrected chi connectivity index (χ2v) is 6.54. The number of ether oxygens (including phenoxy) is 1. The summed E-state index contributed by atoms with van der Waals surface area (Å²) in [5, 5.41) is 0. The van der Waals surface area contributed by atoms with Crippen LogP contribution in [0.4, 0.5) is 4.79 Å². The minimum absolute atomic E-state index is 0.430. The van der Waals surface area contributed by atoms with Gasteiger partial charge in [0.2, 0.25) is 0 Å². The van der Waals surface area contributed by atoms with Gasteiger partial charge in [-0.1, -0.05) is 0 Å². The Morgan fingerprint density at radius 1 is 1.33 bits per heavy atom. The average Bonchev–Trinajstić information content (AvgIpc) is 2.88. The zero-order chi connectivity index (χ0) is 14.8. The number of pyridine rings is 1. The van der Waals surface area contributed by atoms with Gasteiger partial charge < -0.3 is 14.9 Å². The van der Waals surface area contributed by atoms with Gasteiger partial charge in [-0.2, -0.15) is 0 Å². The van der Waals surface area contributed by atoms with Gasteiger partial charge in [0.05, 0.1) is 12.3 Å². The number of rotatable bonds is 3. The Balaban J connectivity index is 1.64. The maximum Gasteiger partial charge on any atom is 0.404 e. The van der Waals surface area contributed by atoms with Crippen LogP contribution in [0.25, 0.3) is 5.65 Å². The van der Waals surface area contributed by atoms with E-state index in [9.17, 15) is 4.79 Å². The Morgan fingerprint density at radius 2 is 2.10 bits per heavy atom. The monoisotopic (exact) mass is 351 g/mol. The summed E-state index contributed by atoms with van der Waals surface area (Å²) in [6.45, 7) is 0.445. The summed E-state index contributed by atoms with van der Waals surface area (Å²) in [4.78, 5) is 15.4. The number of imidazole rings is 1. The van der Waals surface area contributed by atoms with Gasteiger partial charge in [0.1, 0.15) is 5.65 Å². The fourth-order valence-electron chi connectivity index (χ4n) is 3.01. The van der Waals surface area contributed by atoms with Crippen molar-refractivity contribution in [3.05, 3.63) is 34.7 Å². The first-order chi connectivity index (χ1) is 10.1. The molecule has 0 unspecified atom stereocenters. The third-order valence-electron chi connectivity index (χ3n) is 4.16. The van der Waals surface area contributed by atoms with E-state index in [2.05, 4.69) is 26.5 Å². The number of hydrogen-bond acceptors (Lipinski definition) is 3. The topological polar surface area (TPSA) is 69.6 Å². The molecule has 2 heterocycles. The van der Waals surface area contributed by atoms with Crippen LogP contribution in [-0.4, -0.2) is 22.1 Å². The van der Waals surface area contributed by atoms with Crippen molar-refractivity contribution in [2.24, 2.45) is 11.7 Å². The quantitative estimate of drug-likeness (QED) is 0.920. The first kappa shape index (κ1) is 14.4. The molecule has 1 saturated carbocycles. The van der Waals surface area contributed by atoms with Crippen LogP contribution in [0.1, 0.15) is 37.3 Å². The predicted molar refractivity (Wildman–Crippen MR) is 83.1 cm³/mol. The number of amides is 1. The molecule has 5 nitrogen and oxygen atoms in total. The van der Waals surface area contributed by atoms with Crippen LogP contribution < -0.4 is 5.73 Å². The van der Waals surface area contributed by atoms with Crippen molar-refractivity contribution >= 4 is 27.7 Å². The Morgan fingerprint density at radius 3 is 2.81 bits per heavy atom. The third kappa shape index (κ3) is 3.37. The van der Waals surface area contributed by atoms with Gasteiger partial charge in [-0.05, 0) is 59.7 Å². The molecule has 0 spiro atoms. The number of hydrogen-bond donors (Lipinski definition) is 1. The lowest BCUT2D eigenvalue weighted by atomic mass is 9.81. The standard InChI is InChI=1S/C15H18BrN3O2/c16-12-5-6-14-18-13(8-19(14)7-12)11-3-1-10(2-4-11)9-21-15(17)20/h5-8,10-11H,1-4,9H2,(H2,17,20). The molecular weight excluding hydrogens is 334 g/mol. The van der Waals surface area contributed by atoms with Crippen LogP contribution in [0.5, 0.6) is 0 Å². The summed E-state index contributed by atoms with van der Waals surface area (Å²) < 4.78 is 8.00. The average molecular weight is 352 g/mol. The maximum absolute atomic E-state index is 10.6. The second kappa shape index (κ2) is 6.05. The summed E-state index contributed by atoms with van der Waals surface area (Å²) in [6, 6.07) is 4.02. The van der Waals surface area contributed by atoms with Crippen LogP contribution in [0, 0.1) is 5.92 Å². The zero-order valence-electron chi connectivity index (χ0n) is 11.7. The molecule has 0 aromatic carbocycles. The molecule has 1 amide bonds. The highest BCUT2D eigenvalue weighted by Crippen LogP contribution is 2.35. The summed E-state index contributed by atoms with van der Waals surface area (Å²) in [5.41, 5.74) is 7.14. The minimum Gasteiger partial charge on any atom is -0.449 e. The van der Waals surface area contributed by atoms with Gasteiger partial charge in [-0.25, -0.2) is 9.78 Å². The van der Waals surface area contributed by atoms with E-state index in [0.717, 1.165) is 41.5 Å². The first-order valence-electron chi connectivity index (χ1n) is 7.18. The van der Waals surface area contributed by atoms with Crippen LogP contribution in [-0.2, 0) is 4.74 Å². The molecule has 6 heteroatoms. The van der Waals surface area contributed by atoms with Crippen LogP contribution in [0.2, 0.25) is 0 Å². The molecule has 0 aliphatic heterocycles. The smallest absolute Gasteiger partial charge is 0.404 e. The van der Waals surface area contributed by atoms with Gasteiger partial charge in [-0.15, -0.1) is 0 Å². The lowest BCUT2D eigenvalue weighted by molar-refractivity contribution is 0.122. The molecule has 1 aliphatic rings. The molecule has 21 heavy (non-hydrogen) atoms. The van der Waals surface area contributed by atoms with Crippen molar-refractivity contribution in [1.29, 1.82) is 0 Å². The van der Waals surface area contributed by atoms with Gasteiger partial charge in [0.15, 0.2) is 0 Å². The fourth-order valence-corrected chi connectivity index (χ4v) is 3.36. The second-order valence-electron chi connectivity index (χ2n) is 5.63. The zero-order valence-corrected chi connectivity index (χ0v) is 13.3. The fraction of sp³-hybridized carbons (Fsp3) is 0.467. The Labute approximate surface area is 131 Å². The van der Waals surface area contributed by atoms with Crippen molar-refractivity contribution in [1.82, 2.24) is 9.38 Å². The van der Waals surface area contributed by atoms with E-state index in [4.69, 9.17) is 15.5 Å². The minimum atomic E-state index is -0.678. The molecule has 0 bridgehead atoms. The van der Waals surface area contributed by atoms with Crippen molar-refractivity contribution < 1.29 is 9.53 Å². The van der Waals surface area contributed by atoms with Gasteiger partial charge in [0.25, 0.3) is 0 Å². The highest BCUT2D eigenvalue weighted by molar-refractivity contribution is 9.10. The van der Waals surface area contributed by atoms with E-state index in [0.29, 0.717) is 18.4 Å². The Bertz CT molecular complexity index is 647. The molecule has 0 atom stereocenters. The summed E-state index contributed by atoms with van der Waals surface area (Å²) in [5.74, 6) is 0.924. The molecule has 2 aromatic heterocycles. The van der Waals surface area contributed by atoms with E-state index in [1.807, 2.05) is 18.3 Å². The van der Waals surface area contributed by atoms with E-state index < -0.39 is 6.09 Å². The third-order valence-corrected chi connectivity index (χ3v) is 4.63. The van der Waals surface area contributed by atoms with E-state index in [1.54, 1.807) is 0 Å². The number of nitrogens with zero attached hydrogens (tertiary/aromatic N) is 2. The molecule has 112 valence electrons. The van der Waals surface area contributed by atoms with Crippen molar-refractivity contribution in [2.45, 2.75) is 31.6 Å². The molecule has 0 saturated heterocycles. The number of carbonyl (C=O) groups is 1. The largest absolute Gasteiger partial charge is 0.449 e. The summed E-state index contributed by atoms with van der Waals surface area (Å²) in [7, 11) is 0. The van der Waals surface area contributed by atoms with Gasteiger partial charge >= 0.3 is 6.09 Å². The number of halogens is 1. The summed E-state index contributed by atoms with van der Waals surface area (Å²) in [6.07, 6.45) is 7.73. The number of primary amides is 1. The van der Waals surface area contributed by atoms with Crippen LogP contribution in [0.15, 0.2) is 29.0 Å². The highest BCUT2D eigenvalue weighted by Gasteiger charge is 2.24. The van der Waals surface area contributed by atoms with Crippen LogP contribution in [0.3, 0.4) is 0 Å². The van der Waals surface area contributed by atoms with Crippen molar-refractivity contribution in [3.63, 3.8) is 0 Å². The Hall–Kier alpha value is -1.56. The molecule has 3 rings (SSSR count). The van der Waals surface area contributed by atoms with Crippen LogP contribution >= 0.6 is 15.9 Å². The predicted octanol–water partition coefficient (Wildman–Crippen LogP) is 3.47. The molecule has 1 aliphatic carbocycles. The van der Waals surface area contributed by atoms with E-state index in [-0.39, 0.29) is 0 Å². The van der Waals surface area contributed by atoms with E-state index >= 15 is 0 Å². The molecular formula is C15H18BrN3O2. The lowest BCUT2D eigenvalue weighted by Crippen LogP contribution is -2.22. The SMILES string of the molecule is NC(=O)OCC1CCC(c2cn3cc(Br)ccc3n2)CC1. The van der Waals surface area contributed by atoms with Gasteiger partial charge in [0, 0.05) is 22.8 Å². The van der Waals surface area contributed by atoms with Gasteiger partial charge in [-0.3, -0.25) is 0 Å². The number of aromatic nitrogens is 2. The number of fused-ring (bicyclic) bond motifs is 1.